The summed E-state index contributed by atoms with van der Waals surface area (Å²) in [5, 5.41) is 0. The van der Waals surface area contributed by atoms with Crippen LogP contribution in [0, 0.1) is 0 Å². The van der Waals surface area contributed by atoms with E-state index in [9.17, 15) is 0 Å². The van der Waals surface area contributed by atoms with E-state index in [4.69, 9.17) is 9.47 Å². The molecule has 0 radical (unpaired) electrons. The third kappa shape index (κ3) is 10.2. The fourth-order valence-corrected chi connectivity index (χ4v) is 4.30. The number of hydrogen-bond acceptors (Lipinski definition) is 3. The molecule has 0 fully saturated rings. The van der Waals surface area contributed by atoms with E-state index in [-0.39, 0.29) is 0 Å². The predicted molar refractivity (Wildman–Crippen MR) is 143 cm³/mol. The second-order valence-corrected chi connectivity index (χ2v) is 10.1. The molecule has 3 nitrogen and oxygen atoms in total. The first-order valence-corrected chi connectivity index (χ1v) is 13.9. The standard InChI is InChI=1S/C27H39Br2NO2/c1-3-5-7-9-11-13-17-31-26-20-24(29)27(32-18-14-12-10-8-6-4-2)19-23(26)25-16-15-22(28)21-30-25/h15-16,19-21H,3-14,17-18H2,1-2H3. The predicted octanol–water partition coefficient (Wildman–Crippen LogP) is 9.75. The maximum Gasteiger partial charge on any atom is 0.134 e. The molecule has 0 unspecified atom stereocenters. The fraction of sp³-hybridized carbons (Fsp3) is 0.593. The SMILES string of the molecule is CCCCCCCCOc1cc(-c2ccc(Br)cn2)c(OCCCCCCCC)cc1Br. The van der Waals surface area contributed by atoms with Crippen LogP contribution in [0.2, 0.25) is 0 Å². The summed E-state index contributed by atoms with van der Waals surface area (Å²) >= 11 is 7.17. The molecule has 0 amide bonds. The number of aromatic nitrogens is 1. The average Bonchev–Trinajstić information content (AvgIpc) is 2.79. The Bertz CT molecular complexity index is 765. The Morgan fingerprint density at radius 3 is 1.81 bits per heavy atom. The Kier molecular flexibility index (Phi) is 14.0. The normalized spacial score (nSPS) is 11.0. The summed E-state index contributed by atoms with van der Waals surface area (Å²) in [6, 6.07) is 8.13. The zero-order valence-corrected chi connectivity index (χ0v) is 23.0. The van der Waals surface area contributed by atoms with Gasteiger partial charge in [-0.3, -0.25) is 4.98 Å². The number of unbranched alkanes of at least 4 members (excludes halogenated alkanes) is 10. The number of benzene rings is 1. The molecule has 0 aliphatic carbocycles. The van der Waals surface area contributed by atoms with E-state index < -0.39 is 0 Å². The number of ether oxygens (including phenoxy) is 2. The van der Waals surface area contributed by atoms with Gasteiger partial charge in [-0.25, -0.2) is 0 Å². The van der Waals surface area contributed by atoms with Crippen molar-refractivity contribution in [2.75, 3.05) is 13.2 Å². The van der Waals surface area contributed by atoms with Crippen LogP contribution in [-0.2, 0) is 0 Å². The lowest BCUT2D eigenvalue weighted by Crippen LogP contribution is -2.02. The minimum absolute atomic E-state index is 0.722. The van der Waals surface area contributed by atoms with Gasteiger partial charge in [-0.2, -0.15) is 0 Å². The van der Waals surface area contributed by atoms with Crippen molar-refractivity contribution in [1.82, 2.24) is 4.98 Å². The second kappa shape index (κ2) is 16.5. The van der Waals surface area contributed by atoms with Crippen LogP contribution in [0.5, 0.6) is 11.5 Å². The highest BCUT2D eigenvalue weighted by molar-refractivity contribution is 9.10. The summed E-state index contributed by atoms with van der Waals surface area (Å²) < 4.78 is 14.2. The quantitative estimate of drug-likeness (QED) is 0.178. The molecule has 1 aromatic heterocycles. The largest absolute Gasteiger partial charge is 0.493 e. The van der Waals surface area contributed by atoms with E-state index in [1.54, 1.807) is 0 Å². The van der Waals surface area contributed by atoms with Gasteiger partial charge in [0.05, 0.1) is 23.4 Å². The molecule has 1 heterocycles. The summed E-state index contributed by atoms with van der Waals surface area (Å²) in [6.07, 6.45) is 16.9. The van der Waals surface area contributed by atoms with Crippen molar-refractivity contribution in [3.05, 3.63) is 39.4 Å². The number of rotatable bonds is 17. The fourth-order valence-electron chi connectivity index (χ4n) is 3.63. The summed E-state index contributed by atoms with van der Waals surface area (Å²) in [4.78, 5) is 4.60. The van der Waals surface area contributed by atoms with Crippen LogP contribution in [0.3, 0.4) is 0 Å². The van der Waals surface area contributed by atoms with E-state index in [0.717, 1.165) is 57.8 Å². The number of hydrogen-bond donors (Lipinski definition) is 0. The number of nitrogens with zero attached hydrogens (tertiary/aromatic N) is 1. The topological polar surface area (TPSA) is 31.4 Å². The van der Waals surface area contributed by atoms with Crippen molar-refractivity contribution in [2.45, 2.75) is 90.9 Å². The lowest BCUT2D eigenvalue weighted by Gasteiger charge is -2.16. The zero-order valence-electron chi connectivity index (χ0n) is 19.8. The van der Waals surface area contributed by atoms with E-state index in [2.05, 4.69) is 56.8 Å². The molecule has 2 aromatic rings. The molecule has 2 rings (SSSR count). The maximum atomic E-state index is 6.21. The van der Waals surface area contributed by atoms with Crippen molar-refractivity contribution in [3.63, 3.8) is 0 Å². The smallest absolute Gasteiger partial charge is 0.134 e. The minimum Gasteiger partial charge on any atom is -0.493 e. The van der Waals surface area contributed by atoms with Crippen molar-refractivity contribution < 1.29 is 9.47 Å². The van der Waals surface area contributed by atoms with Crippen molar-refractivity contribution in [1.29, 1.82) is 0 Å². The van der Waals surface area contributed by atoms with Crippen molar-refractivity contribution in [3.8, 4) is 22.8 Å². The highest BCUT2D eigenvalue weighted by atomic mass is 79.9. The molecular formula is C27H39Br2NO2. The van der Waals surface area contributed by atoms with Gasteiger partial charge in [0, 0.05) is 16.2 Å². The van der Waals surface area contributed by atoms with Crippen LogP contribution in [-0.4, -0.2) is 18.2 Å². The molecule has 0 saturated carbocycles. The Hall–Kier alpha value is -1.07. The van der Waals surface area contributed by atoms with Gasteiger partial charge in [-0.05, 0) is 69.0 Å². The Morgan fingerprint density at radius 2 is 1.25 bits per heavy atom. The molecule has 0 bridgehead atoms. The summed E-state index contributed by atoms with van der Waals surface area (Å²) in [5.41, 5.74) is 1.87. The van der Waals surface area contributed by atoms with Crippen LogP contribution in [0.15, 0.2) is 39.4 Å². The lowest BCUT2D eigenvalue weighted by atomic mass is 10.1. The van der Waals surface area contributed by atoms with Gasteiger partial charge in [0.15, 0.2) is 0 Å². The van der Waals surface area contributed by atoms with Crippen molar-refractivity contribution in [2.24, 2.45) is 0 Å². The van der Waals surface area contributed by atoms with Gasteiger partial charge in [-0.1, -0.05) is 78.1 Å². The zero-order chi connectivity index (χ0) is 23.0. The molecule has 1 aromatic carbocycles. The van der Waals surface area contributed by atoms with E-state index in [1.165, 1.54) is 64.2 Å². The van der Waals surface area contributed by atoms with Gasteiger partial charge >= 0.3 is 0 Å². The monoisotopic (exact) mass is 567 g/mol. The van der Waals surface area contributed by atoms with E-state index >= 15 is 0 Å². The summed E-state index contributed by atoms with van der Waals surface area (Å²) in [5.74, 6) is 1.71. The van der Waals surface area contributed by atoms with E-state index in [0.29, 0.717) is 0 Å². The molecule has 0 saturated heterocycles. The van der Waals surface area contributed by atoms with Crippen molar-refractivity contribution >= 4 is 31.9 Å². The molecule has 0 aliphatic heterocycles. The Morgan fingerprint density at radius 1 is 0.688 bits per heavy atom. The Balaban J connectivity index is 2.00. The molecule has 0 aliphatic rings. The molecule has 0 atom stereocenters. The maximum absolute atomic E-state index is 6.21. The van der Waals surface area contributed by atoms with Gasteiger partial charge in [0.1, 0.15) is 11.5 Å². The third-order valence-electron chi connectivity index (χ3n) is 5.55. The molecule has 178 valence electrons. The van der Waals surface area contributed by atoms with Gasteiger partial charge in [0.25, 0.3) is 0 Å². The minimum atomic E-state index is 0.722. The first kappa shape index (κ1) is 27.2. The molecular weight excluding hydrogens is 530 g/mol. The third-order valence-corrected chi connectivity index (χ3v) is 6.64. The van der Waals surface area contributed by atoms with Gasteiger partial charge in [0.2, 0.25) is 0 Å². The molecule has 32 heavy (non-hydrogen) atoms. The molecule has 5 heteroatoms. The highest BCUT2D eigenvalue weighted by Crippen LogP contribution is 2.38. The number of pyridine rings is 1. The molecule has 0 spiro atoms. The van der Waals surface area contributed by atoms with Crippen LogP contribution in [0.25, 0.3) is 11.3 Å². The Labute approximate surface area is 212 Å². The lowest BCUT2D eigenvalue weighted by molar-refractivity contribution is 0.295. The number of halogens is 2. The van der Waals surface area contributed by atoms with Crippen LogP contribution >= 0.6 is 31.9 Å². The second-order valence-electron chi connectivity index (χ2n) is 8.37. The highest BCUT2D eigenvalue weighted by Gasteiger charge is 2.14. The average molecular weight is 569 g/mol. The van der Waals surface area contributed by atoms with Crippen LogP contribution in [0.4, 0.5) is 0 Å². The molecule has 0 N–H and O–H groups in total. The van der Waals surface area contributed by atoms with E-state index in [1.807, 2.05) is 24.4 Å². The van der Waals surface area contributed by atoms with Crippen LogP contribution < -0.4 is 9.47 Å². The first-order chi connectivity index (χ1) is 15.7. The summed E-state index contributed by atoms with van der Waals surface area (Å²) in [6.45, 7) is 5.95. The van der Waals surface area contributed by atoms with Crippen LogP contribution in [0.1, 0.15) is 90.9 Å². The van der Waals surface area contributed by atoms with Gasteiger partial charge < -0.3 is 9.47 Å². The summed E-state index contributed by atoms with van der Waals surface area (Å²) in [7, 11) is 0. The first-order valence-electron chi connectivity index (χ1n) is 12.4. The van der Waals surface area contributed by atoms with Gasteiger partial charge in [-0.15, -0.1) is 0 Å².